The molecule has 15 atom stereocenters. The molecule has 0 bridgehead atoms. The Morgan fingerprint density at radius 1 is 0.763 bits per heavy atom. The molecular formula is C40H63N7O12. The second kappa shape index (κ2) is 19.9. The van der Waals surface area contributed by atoms with Crippen molar-refractivity contribution in [1.29, 1.82) is 0 Å². The molecule has 1 aromatic rings. The standard InChI is InChI=1S/C40H63N7O12/c1-9-27(50)30-40(59)47-15-19(4)33(52)32(47)38(57)42-21(6)28(51)14-25(41-8)35(54)43-29(22(7)48)39(58)46-16-24(49)13-26(46)36(55)45-31(37(56)44-30)34(53)20(5)23-11-10-17(2)18(3)12-23/h10-12,19-22,24-34,41,48-53H,9,13-16H2,1-8H3,(H,42,57)(H,43,54)(H,44,56)(H,45,55). The number of benzene rings is 1. The first-order chi connectivity index (χ1) is 27.6. The van der Waals surface area contributed by atoms with Gasteiger partial charge in [0.15, 0.2) is 0 Å². The van der Waals surface area contributed by atoms with Crippen LogP contribution in [0.1, 0.15) is 76.5 Å². The average Bonchev–Trinajstić information content (AvgIpc) is 3.73. The molecule has 19 nitrogen and oxygen atoms in total. The molecular weight excluding hydrogens is 770 g/mol. The second-order valence-electron chi connectivity index (χ2n) is 16.5. The highest BCUT2D eigenvalue weighted by Gasteiger charge is 2.50. The molecule has 0 spiro atoms. The Labute approximate surface area is 344 Å². The summed E-state index contributed by atoms with van der Waals surface area (Å²) in [5.41, 5.74) is 2.45. The van der Waals surface area contributed by atoms with Crippen LogP contribution in [0.3, 0.4) is 0 Å². The van der Waals surface area contributed by atoms with Crippen LogP contribution in [0.4, 0.5) is 0 Å². The summed E-state index contributed by atoms with van der Waals surface area (Å²) in [4.78, 5) is 86.4. The van der Waals surface area contributed by atoms with Gasteiger partial charge in [-0.15, -0.1) is 0 Å². The van der Waals surface area contributed by atoms with Crippen molar-refractivity contribution in [3.63, 3.8) is 0 Å². The van der Waals surface area contributed by atoms with Gasteiger partial charge in [0.1, 0.15) is 30.2 Å². The van der Waals surface area contributed by atoms with Crippen LogP contribution in [0, 0.1) is 19.8 Å². The van der Waals surface area contributed by atoms with Gasteiger partial charge in [-0.2, -0.15) is 0 Å². The maximum Gasteiger partial charge on any atom is 0.248 e. The van der Waals surface area contributed by atoms with Gasteiger partial charge in [-0.1, -0.05) is 39.0 Å². The van der Waals surface area contributed by atoms with E-state index in [0.29, 0.717) is 5.56 Å². The lowest BCUT2D eigenvalue weighted by atomic mass is 9.88. The highest BCUT2D eigenvalue weighted by atomic mass is 16.3. The Kier molecular flexibility index (Phi) is 16.0. The third-order valence-electron chi connectivity index (χ3n) is 12.1. The lowest BCUT2D eigenvalue weighted by Crippen LogP contribution is -2.64. The van der Waals surface area contributed by atoms with Crippen molar-refractivity contribution in [2.45, 2.75) is 153 Å². The predicted octanol–water partition coefficient (Wildman–Crippen LogP) is -3.60. The van der Waals surface area contributed by atoms with E-state index in [0.717, 1.165) is 20.9 Å². The van der Waals surface area contributed by atoms with Crippen molar-refractivity contribution in [2.24, 2.45) is 5.92 Å². The average molecular weight is 834 g/mol. The smallest absolute Gasteiger partial charge is 0.248 e. The molecule has 0 radical (unpaired) electrons. The largest absolute Gasteiger partial charge is 0.391 e. The number of hydrogen-bond donors (Lipinski definition) is 11. The fourth-order valence-corrected chi connectivity index (χ4v) is 7.95. The number of carbonyl (C=O) groups excluding carboxylic acids is 6. The minimum atomic E-state index is -1.84. The van der Waals surface area contributed by atoms with Gasteiger partial charge in [0, 0.05) is 31.3 Å². The van der Waals surface area contributed by atoms with Crippen LogP contribution in [-0.2, 0) is 28.8 Å². The summed E-state index contributed by atoms with van der Waals surface area (Å²) in [5, 5.41) is 79.7. The lowest BCUT2D eigenvalue weighted by Gasteiger charge is -2.35. The van der Waals surface area contributed by atoms with E-state index in [-0.39, 0.29) is 32.4 Å². The Hall–Kier alpha value is -4.24. The fraction of sp³-hybridized carbons (Fsp3) is 0.700. The molecule has 3 aliphatic heterocycles. The van der Waals surface area contributed by atoms with Gasteiger partial charge >= 0.3 is 0 Å². The molecule has 1 aromatic carbocycles. The summed E-state index contributed by atoms with van der Waals surface area (Å²) >= 11 is 0. The summed E-state index contributed by atoms with van der Waals surface area (Å²) in [5.74, 6) is -7.13. The molecule has 0 aromatic heterocycles. The number of nitrogens with zero attached hydrogens (tertiary/aromatic N) is 2. The van der Waals surface area contributed by atoms with Crippen LogP contribution in [-0.4, -0.2) is 175 Å². The summed E-state index contributed by atoms with van der Waals surface area (Å²) in [6, 6.07) is -5.07. The van der Waals surface area contributed by atoms with Crippen molar-refractivity contribution in [3.8, 4) is 0 Å². The topological polar surface area (TPSA) is 290 Å². The number of aryl methyl sites for hydroxylation is 2. The van der Waals surface area contributed by atoms with Crippen molar-refractivity contribution < 1.29 is 59.4 Å². The second-order valence-corrected chi connectivity index (χ2v) is 16.5. The summed E-state index contributed by atoms with van der Waals surface area (Å²) in [6.45, 7) is 10.7. The summed E-state index contributed by atoms with van der Waals surface area (Å²) in [7, 11) is 1.42. The quantitative estimate of drug-likeness (QED) is 0.127. The zero-order valence-corrected chi connectivity index (χ0v) is 35.0. The third-order valence-corrected chi connectivity index (χ3v) is 12.1. The lowest BCUT2D eigenvalue weighted by molar-refractivity contribution is -0.147. The van der Waals surface area contributed by atoms with Gasteiger partial charge in [0.2, 0.25) is 35.4 Å². The molecule has 0 saturated carbocycles. The Morgan fingerprint density at radius 2 is 1.37 bits per heavy atom. The normalized spacial score (nSPS) is 34.0. The molecule has 0 aliphatic carbocycles. The van der Waals surface area contributed by atoms with Gasteiger partial charge in [0.25, 0.3) is 0 Å². The van der Waals surface area contributed by atoms with E-state index in [4.69, 9.17) is 0 Å². The third kappa shape index (κ3) is 10.6. The van der Waals surface area contributed by atoms with Gasteiger partial charge < -0.3 is 67.0 Å². The maximum atomic E-state index is 14.4. The van der Waals surface area contributed by atoms with E-state index in [1.807, 2.05) is 26.0 Å². The molecule has 3 heterocycles. The van der Waals surface area contributed by atoms with Crippen LogP contribution in [0.15, 0.2) is 18.2 Å². The number of carbonyl (C=O) groups is 6. The molecule has 3 fully saturated rings. The van der Waals surface area contributed by atoms with E-state index in [9.17, 15) is 59.4 Å². The Bertz CT molecular complexity index is 1710. The SMILES string of the molecule is CCC(O)C1NC(=O)C(C(O)C(C)c2ccc(C)c(C)c2)NC(=O)C2CC(O)CN2C(=O)C(C(C)O)NC(=O)C(NC)CC(O)C(C)NC(=O)C2C(O)C(C)CN2C1=O. The van der Waals surface area contributed by atoms with Crippen LogP contribution >= 0.6 is 0 Å². The van der Waals surface area contributed by atoms with Crippen LogP contribution < -0.4 is 26.6 Å². The minimum Gasteiger partial charge on any atom is -0.391 e. The highest BCUT2D eigenvalue weighted by molar-refractivity contribution is 5.98. The van der Waals surface area contributed by atoms with Crippen molar-refractivity contribution in [3.05, 3.63) is 34.9 Å². The summed E-state index contributed by atoms with van der Waals surface area (Å²) < 4.78 is 0. The van der Waals surface area contributed by atoms with Gasteiger partial charge in [-0.3, -0.25) is 28.8 Å². The van der Waals surface area contributed by atoms with Gasteiger partial charge in [-0.05, 0) is 64.3 Å². The first-order valence-electron chi connectivity index (χ1n) is 20.3. The fourth-order valence-electron chi connectivity index (χ4n) is 7.95. The predicted molar refractivity (Wildman–Crippen MR) is 212 cm³/mol. The number of fused-ring (bicyclic) bond motifs is 2. The van der Waals surface area contributed by atoms with Gasteiger partial charge in [-0.25, -0.2) is 0 Å². The molecule has 4 rings (SSSR count). The number of likely N-dealkylation sites (N-methyl/N-ethyl adjacent to an activating group) is 1. The summed E-state index contributed by atoms with van der Waals surface area (Å²) in [6.07, 6.45) is -9.48. The first kappa shape index (κ1) is 47.4. The van der Waals surface area contributed by atoms with Crippen LogP contribution in [0.2, 0.25) is 0 Å². The van der Waals surface area contributed by atoms with E-state index < -0.39 is 126 Å². The number of amides is 6. The molecule has 3 saturated heterocycles. The van der Waals surface area contributed by atoms with Crippen LogP contribution in [0.25, 0.3) is 0 Å². The minimum absolute atomic E-state index is 0.0672. The number of nitrogens with one attached hydrogen (secondary N) is 5. The molecule has 3 aliphatic rings. The zero-order chi connectivity index (χ0) is 44.2. The maximum absolute atomic E-state index is 14.4. The zero-order valence-electron chi connectivity index (χ0n) is 35.0. The van der Waals surface area contributed by atoms with E-state index >= 15 is 0 Å². The van der Waals surface area contributed by atoms with Gasteiger partial charge in [0.05, 0.1) is 48.7 Å². The van der Waals surface area contributed by atoms with E-state index in [1.165, 1.54) is 20.9 Å². The molecule has 59 heavy (non-hydrogen) atoms. The molecule has 19 heteroatoms. The van der Waals surface area contributed by atoms with Crippen LogP contribution in [0.5, 0.6) is 0 Å². The number of aliphatic hydroxyl groups is 6. The highest BCUT2D eigenvalue weighted by Crippen LogP contribution is 2.28. The Balaban J connectivity index is 1.84. The number of hydrogen-bond acceptors (Lipinski definition) is 13. The molecule has 330 valence electrons. The monoisotopic (exact) mass is 833 g/mol. The number of aliphatic hydroxyl groups excluding tert-OH is 6. The van der Waals surface area contributed by atoms with E-state index in [2.05, 4.69) is 26.6 Å². The molecule has 15 unspecified atom stereocenters. The molecule has 6 amide bonds. The first-order valence-corrected chi connectivity index (χ1v) is 20.3. The molecule has 11 N–H and O–H groups in total. The van der Waals surface area contributed by atoms with Crippen molar-refractivity contribution in [2.75, 3.05) is 20.1 Å². The Morgan fingerprint density at radius 3 is 1.97 bits per heavy atom. The van der Waals surface area contributed by atoms with Crippen molar-refractivity contribution >= 4 is 35.4 Å². The number of rotatable bonds is 7. The van der Waals surface area contributed by atoms with Crippen molar-refractivity contribution in [1.82, 2.24) is 36.4 Å². The van der Waals surface area contributed by atoms with E-state index in [1.54, 1.807) is 26.8 Å².